The molecule has 0 saturated heterocycles. The predicted octanol–water partition coefficient (Wildman–Crippen LogP) is 2.78. The quantitative estimate of drug-likeness (QED) is 0.827. The molecule has 2 aliphatic carbocycles. The number of aromatic nitrogens is 2. The molecule has 18 heavy (non-hydrogen) atoms. The zero-order chi connectivity index (χ0) is 12.6. The zero-order valence-electron chi connectivity index (χ0n) is 11.3. The Morgan fingerprint density at radius 3 is 2.44 bits per heavy atom. The summed E-state index contributed by atoms with van der Waals surface area (Å²) >= 11 is 0. The summed E-state index contributed by atoms with van der Waals surface area (Å²) in [6, 6.07) is 0. The standard InChI is InChI=1S/C15H23N3/c1-11-12-7-3-4-8-13(12)18-14(17-11)15(16)9-5-2-6-10-15/h2-10,16H2,1H3. The highest BCUT2D eigenvalue weighted by molar-refractivity contribution is 5.29. The first kappa shape index (κ1) is 12.1. The summed E-state index contributed by atoms with van der Waals surface area (Å²) in [5.74, 6) is 0.917. The number of nitrogens with two attached hydrogens (primary N) is 1. The largest absolute Gasteiger partial charge is 0.319 e. The molecule has 0 aromatic carbocycles. The topological polar surface area (TPSA) is 51.8 Å². The van der Waals surface area contributed by atoms with Crippen LogP contribution in [0.4, 0.5) is 0 Å². The summed E-state index contributed by atoms with van der Waals surface area (Å²) in [4.78, 5) is 9.58. The molecule has 98 valence electrons. The van der Waals surface area contributed by atoms with Crippen molar-refractivity contribution < 1.29 is 0 Å². The molecule has 0 amide bonds. The Labute approximate surface area is 109 Å². The van der Waals surface area contributed by atoms with E-state index in [-0.39, 0.29) is 5.54 Å². The summed E-state index contributed by atoms with van der Waals surface area (Å²) < 4.78 is 0. The van der Waals surface area contributed by atoms with Crippen molar-refractivity contribution in [3.05, 3.63) is 22.8 Å². The molecule has 1 fully saturated rings. The lowest BCUT2D eigenvalue weighted by atomic mass is 9.81. The lowest BCUT2D eigenvalue weighted by molar-refractivity contribution is 0.285. The minimum Gasteiger partial charge on any atom is -0.319 e. The van der Waals surface area contributed by atoms with Gasteiger partial charge in [0.2, 0.25) is 0 Å². The van der Waals surface area contributed by atoms with E-state index in [9.17, 15) is 0 Å². The van der Waals surface area contributed by atoms with E-state index in [1.807, 2.05) is 0 Å². The van der Waals surface area contributed by atoms with Gasteiger partial charge in [0.05, 0.1) is 5.54 Å². The van der Waals surface area contributed by atoms with Crippen molar-refractivity contribution in [1.29, 1.82) is 0 Å². The fraction of sp³-hybridized carbons (Fsp3) is 0.733. The molecule has 3 nitrogen and oxygen atoms in total. The third-order valence-corrected chi connectivity index (χ3v) is 4.58. The van der Waals surface area contributed by atoms with Gasteiger partial charge in [-0.15, -0.1) is 0 Å². The van der Waals surface area contributed by atoms with E-state index in [0.717, 1.165) is 31.5 Å². The number of hydrogen-bond acceptors (Lipinski definition) is 3. The van der Waals surface area contributed by atoms with Gasteiger partial charge in [0.15, 0.2) is 0 Å². The highest BCUT2D eigenvalue weighted by atomic mass is 15.0. The van der Waals surface area contributed by atoms with Crippen molar-refractivity contribution in [3.8, 4) is 0 Å². The van der Waals surface area contributed by atoms with Crippen LogP contribution in [0.1, 0.15) is 67.7 Å². The molecule has 3 heteroatoms. The normalized spacial score (nSPS) is 22.6. The van der Waals surface area contributed by atoms with E-state index in [0.29, 0.717) is 0 Å². The van der Waals surface area contributed by atoms with Crippen LogP contribution in [-0.4, -0.2) is 9.97 Å². The summed E-state index contributed by atoms with van der Waals surface area (Å²) in [6.45, 7) is 2.13. The van der Waals surface area contributed by atoms with Gasteiger partial charge in [-0.2, -0.15) is 0 Å². The molecule has 2 aliphatic rings. The highest BCUT2D eigenvalue weighted by Crippen LogP contribution is 2.34. The first-order valence-electron chi connectivity index (χ1n) is 7.35. The van der Waals surface area contributed by atoms with Crippen LogP contribution in [0.25, 0.3) is 0 Å². The molecule has 3 rings (SSSR count). The molecule has 2 N–H and O–H groups in total. The van der Waals surface area contributed by atoms with Gasteiger partial charge in [0.1, 0.15) is 5.82 Å². The maximum Gasteiger partial charge on any atom is 0.148 e. The molecule has 0 bridgehead atoms. The number of fused-ring (bicyclic) bond motifs is 1. The van der Waals surface area contributed by atoms with Crippen LogP contribution in [0.3, 0.4) is 0 Å². The SMILES string of the molecule is Cc1nc(C2(N)CCCCC2)nc2c1CCCC2. The second-order valence-electron chi connectivity index (χ2n) is 5.98. The fourth-order valence-electron chi connectivity index (χ4n) is 3.41. The molecule has 1 aromatic heterocycles. The summed E-state index contributed by atoms with van der Waals surface area (Å²) in [5, 5.41) is 0. The van der Waals surface area contributed by atoms with Crippen LogP contribution in [0, 0.1) is 6.92 Å². The van der Waals surface area contributed by atoms with Gasteiger partial charge in [0.25, 0.3) is 0 Å². The van der Waals surface area contributed by atoms with Gasteiger partial charge < -0.3 is 5.73 Å². The number of aryl methyl sites for hydroxylation is 2. The maximum atomic E-state index is 6.56. The Balaban J connectivity index is 1.99. The van der Waals surface area contributed by atoms with Crippen LogP contribution in [-0.2, 0) is 18.4 Å². The van der Waals surface area contributed by atoms with E-state index in [4.69, 9.17) is 15.7 Å². The molecule has 0 atom stereocenters. The van der Waals surface area contributed by atoms with Crippen LogP contribution < -0.4 is 5.73 Å². The highest BCUT2D eigenvalue weighted by Gasteiger charge is 2.33. The average Bonchev–Trinajstić information content (AvgIpc) is 2.39. The fourth-order valence-corrected chi connectivity index (χ4v) is 3.41. The smallest absolute Gasteiger partial charge is 0.148 e. The van der Waals surface area contributed by atoms with E-state index in [1.165, 1.54) is 49.1 Å². The summed E-state index contributed by atoms with van der Waals surface area (Å²) in [7, 11) is 0. The number of rotatable bonds is 1. The summed E-state index contributed by atoms with van der Waals surface area (Å²) in [5.41, 5.74) is 10.1. The summed E-state index contributed by atoms with van der Waals surface area (Å²) in [6.07, 6.45) is 10.6. The van der Waals surface area contributed by atoms with Crippen molar-refractivity contribution >= 4 is 0 Å². The average molecular weight is 245 g/mol. The Morgan fingerprint density at radius 2 is 1.67 bits per heavy atom. The zero-order valence-corrected chi connectivity index (χ0v) is 11.3. The first-order chi connectivity index (χ1) is 8.69. The molecule has 1 heterocycles. The lowest BCUT2D eigenvalue weighted by Crippen LogP contribution is -2.41. The minimum atomic E-state index is -0.254. The molecule has 0 spiro atoms. The Bertz CT molecular complexity index is 447. The van der Waals surface area contributed by atoms with Crippen molar-refractivity contribution in [2.45, 2.75) is 70.3 Å². The molecular weight excluding hydrogens is 222 g/mol. The van der Waals surface area contributed by atoms with Crippen molar-refractivity contribution in [2.75, 3.05) is 0 Å². The van der Waals surface area contributed by atoms with E-state index in [2.05, 4.69) is 6.92 Å². The third kappa shape index (κ3) is 2.05. The lowest BCUT2D eigenvalue weighted by Gasteiger charge is -2.33. The Kier molecular flexibility index (Phi) is 3.10. The molecular formula is C15H23N3. The third-order valence-electron chi connectivity index (χ3n) is 4.58. The van der Waals surface area contributed by atoms with Gasteiger partial charge in [-0.1, -0.05) is 19.3 Å². The van der Waals surface area contributed by atoms with Gasteiger partial charge in [0, 0.05) is 11.4 Å². The van der Waals surface area contributed by atoms with Crippen LogP contribution in [0.5, 0.6) is 0 Å². The van der Waals surface area contributed by atoms with Crippen molar-refractivity contribution in [1.82, 2.24) is 9.97 Å². The van der Waals surface area contributed by atoms with Crippen LogP contribution >= 0.6 is 0 Å². The molecule has 1 aromatic rings. The second kappa shape index (κ2) is 4.61. The minimum absolute atomic E-state index is 0.254. The van der Waals surface area contributed by atoms with Gasteiger partial charge in [-0.25, -0.2) is 9.97 Å². The first-order valence-corrected chi connectivity index (χ1v) is 7.35. The van der Waals surface area contributed by atoms with Crippen LogP contribution in [0.15, 0.2) is 0 Å². The second-order valence-corrected chi connectivity index (χ2v) is 5.98. The monoisotopic (exact) mass is 245 g/mol. The van der Waals surface area contributed by atoms with E-state index >= 15 is 0 Å². The predicted molar refractivity (Wildman–Crippen MR) is 72.4 cm³/mol. The van der Waals surface area contributed by atoms with Gasteiger partial charge in [-0.05, 0) is 51.0 Å². The van der Waals surface area contributed by atoms with Crippen LogP contribution in [0.2, 0.25) is 0 Å². The Morgan fingerprint density at radius 1 is 0.944 bits per heavy atom. The molecule has 0 unspecified atom stereocenters. The molecule has 0 aliphatic heterocycles. The molecule has 0 radical (unpaired) electrons. The van der Waals surface area contributed by atoms with Crippen molar-refractivity contribution in [2.24, 2.45) is 5.73 Å². The van der Waals surface area contributed by atoms with Gasteiger partial charge >= 0.3 is 0 Å². The Hall–Kier alpha value is -0.960. The van der Waals surface area contributed by atoms with Gasteiger partial charge in [-0.3, -0.25) is 0 Å². The maximum absolute atomic E-state index is 6.56. The number of nitrogens with zero attached hydrogens (tertiary/aromatic N) is 2. The van der Waals surface area contributed by atoms with E-state index < -0.39 is 0 Å². The molecule has 1 saturated carbocycles. The number of hydrogen-bond donors (Lipinski definition) is 1. The van der Waals surface area contributed by atoms with E-state index in [1.54, 1.807) is 0 Å². The van der Waals surface area contributed by atoms with Crippen molar-refractivity contribution in [3.63, 3.8) is 0 Å².